The molecule has 0 atom stereocenters. The van der Waals surface area contributed by atoms with Crippen molar-refractivity contribution in [1.82, 2.24) is 4.72 Å². The second kappa shape index (κ2) is 6.55. The number of hydrogen-bond acceptors (Lipinski definition) is 5. The number of methoxy groups -OCH3 is 1. The van der Waals surface area contributed by atoms with Crippen LogP contribution in [0.4, 0.5) is 0 Å². The molecule has 21 heavy (non-hydrogen) atoms. The third-order valence-electron chi connectivity index (χ3n) is 3.40. The lowest BCUT2D eigenvalue weighted by Gasteiger charge is -2.35. The van der Waals surface area contributed by atoms with Crippen LogP contribution in [0.2, 0.25) is 0 Å². The predicted molar refractivity (Wildman–Crippen MR) is 76.5 cm³/mol. The summed E-state index contributed by atoms with van der Waals surface area (Å²) in [6.07, 6.45) is 1.40. The van der Waals surface area contributed by atoms with Crippen molar-refractivity contribution in [3.8, 4) is 0 Å². The Hall–Kier alpha value is -1.44. The molecule has 6 nitrogen and oxygen atoms in total. The maximum absolute atomic E-state index is 12.4. The lowest BCUT2D eigenvalue weighted by molar-refractivity contribution is -0.00477. The Labute approximate surface area is 124 Å². The molecule has 1 fully saturated rings. The average Bonchev–Trinajstić information content (AvgIpc) is 2.44. The molecule has 0 amide bonds. The molecular weight excluding hydrogens is 294 g/mol. The summed E-state index contributed by atoms with van der Waals surface area (Å²) in [4.78, 5) is 11.6. The Morgan fingerprint density at radius 1 is 1.33 bits per heavy atom. The van der Waals surface area contributed by atoms with Crippen molar-refractivity contribution in [3.05, 3.63) is 29.8 Å². The van der Waals surface area contributed by atoms with Gasteiger partial charge in [-0.05, 0) is 31.9 Å². The Kier molecular flexibility index (Phi) is 4.97. The normalized spacial score (nSPS) is 21.6. The molecule has 1 aromatic carbocycles. The number of benzene rings is 1. The number of esters is 1. The maximum atomic E-state index is 12.4. The molecular formula is C14H19NO5S. The van der Waals surface area contributed by atoms with Crippen LogP contribution in [0.5, 0.6) is 0 Å². The zero-order valence-electron chi connectivity index (χ0n) is 12.0. The number of carbonyl (C=O) groups excluding carboxylic acids is 1. The van der Waals surface area contributed by atoms with E-state index in [4.69, 9.17) is 4.74 Å². The summed E-state index contributed by atoms with van der Waals surface area (Å²) in [5.41, 5.74) is 0.0354. The number of rotatable bonds is 6. The Bertz CT molecular complexity index is 608. The smallest absolute Gasteiger partial charge is 0.339 e. The number of hydrogen-bond donors (Lipinski definition) is 1. The van der Waals surface area contributed by atoms with Gasteiger partial charge in [-0.3, -0.25) is 0 Å². The Morgan fingerprint density at radius 3 is 2.62 bits per heavy atom. The summed E-state index contributed by atoms with van der Waals surface area (Å²) in [7, 11) is -2.53. The number of carbonyl (C=O) groups is 1. The van der Waals surface area contributed by atoms with Gasteiger partial charge in [0.25, 0.3) is 0 Å². The fourth-order valence-electron chi connectivity index (χ4n) is 2.30. The van der Waals surface area contributed by atoms with Gasteiger partial charge < -0.3 is 9.47 Å². The van der Waals surface area contributed by atoms with E-state index in [0.717, 1.165) is 0 Å². The summed E-state index contributed by atoms with van der Waals surface area (Å²) in [5, 5.41) is 0. The third kappa shape index (κ3) is 3.61. The summed E-state index contributed by atoms with van der Waals surface area (Å²) in [6, 6.07) is 5.85. The standard InChI is InChI=1S/C14H19NO5S/c1-3-20-11-8-10(9-11)15-21(17,18)13-7-5-4-6-12(13)14(16)19-2/h4-7,10-11,15H,3,8-9H2,1-2H3. The largest absolute Gasteiger partial charge is 0.465 e. The van der Waals surface area contributed by atoms with Crippen LogP contribution < -0.4 is 4.72 Å². The van der Waals surface area contributed by atoms with Gasteiger partial charge in [0.2, 0.25) is 10.0 Å². The highest BCUT2D eigenvalue weighted by molar-refractivity contribution is 7.89. The van der Waals surface area contributed by atoms with Crippen molar-refractivity contribution in [1.29, 1.82) is 0 Å². The van der Waals surface area contributed by atoms with E-state index in [2.05, 4.69) is 9.46 Å². The van der Waals surface area contributed by atoms with E-state index in [-0.39, 0.29) is 22.6 Å². The topological polar surface area (TPSA) is 81.7 Å². The molecule has 0 heterocycles. The minimum Gasteiger partial charge on any atom is -0.465 e. The van der Waals surface area contributed by atoms with Gasteiger partial charge in [-0.25, -0.2) is 17.9 Å². The minimum atomic E-state index is -3.75. The SMILES string of the molecule is CCOC1CC(NS(=O)(=O)c2ccccc2C(=O)OC)C1. The monoisotopic (exact) mass is 313 g/mol. The van der Waals surface area contributed by atoms with Crippen molar-refractivity contribution < 1.29 is 22.7 Å². The molecule has 0 spiro atoms. The number of nitrogens with one attached hydrogen (secondary N) is 1. The second-order valence-corrected chi connectivity index (χ2v) is 6.54. The van der Waals surface area contributed by atoms with Crippen molar-refractivity contribution in [2.45, 2.75) is 36.8 Å². The quantitative estimate of drug-likeness (QED) is 0.801. The third-order valence-corrected chi connectivity index (χ3v) is 4.98. The zero-order chi connectivity index (χ0) is 15.5. The van der Waals surface area contributed by atoms with Crippen LogP contribution >= 0.6 is 0 Å². The van der Waals surface area contributed by atoms with Gasteiger partial charge in [-0.2, -0.15) is 0 Å². The average molecular weight is 313 g/mol. The van der Waals surface area contributed by atoms with Crippen LogP contribution in [-0.4, -0.2) is 40.2 Å². The molecule has 0 radical (unpaired) electrons. The number of ether oxygens (including phenoxy) is 2. The molecule has 7 heteroatoms. The van der Waals surface area contributed by atoms with Crippen LogP contribution in [0.15, 0.2) is 29.2 Å². The van der Waals surface area contributed by atoms with Gasteiger partial charge in [0, 0.05) is 12.6 Å². The first-order valence-electron chi connectivity index (χ1n) is 6.79. The molecule has 1 aliphatic rings. The van der Waals surface area contributed by atoms with Crippen LogP contribution in [0.3, 0.4) is 0 Å². The first kappa shape index (κ1) is 15.9. The molecule has 0 unspecified atom stereocenters. The highest BCUT2D eigenvalue weighted by Gasteiger charge is 2.34. The fraction of sp³-hybridized carbons (Fsp3) is 0.500. The van der Waals surface area contributed by atoms with Crippen molar-refractivity contribution in [2.24, 2.45) is 0 Å². The van der Waals surface area contributed by atoms with Crippen LogP contribution in [0.25, 0.3) is 0 Å². The molecule has 1 saturated carbocycles. The molecule has 1 aromatic rings. The summed E-state index contributed by atoms with van der Waals surface area (Å²) in [6.45, 7) is 2.53. The molecule has 2 rings (SSSR count). The highest BCUT2D eigenvalue weighted by Crippen LogP contribution is 2.26. The molecule has 116 valence electrons. The highest BCUT2D eigenvalue weighted by atomic mass is 32.2. The fourth-order valence-corrected chi connectivity index (χ4v) is 3.75. The molecule has 0 aliphatic heterocycles. The van der Waals surface area contributed by atoms with Crippen LogP contribution in [0, 0.1) is 0 Å². The van der Waals surface area contributed by atoms with Crippen molar-refractivity contribution in [3.63, 3.8) is 0 Å². The predicted octanol–water partition coefficient (Wildman–Crippen LogP) is 1.32. The van der Waals surface area contributed by atoms with E-state index in [0.29, 0.717) is 19.4 Å². The van der Waals surface area contributed by atoms with E-state index in [1.165, 1.54) is 19.2 Å². The molecule has 0 saturated heterocycles. The maximum Gasteiger partial charge on any atom is 0.339 e. The summed E-state index contributed by atoms with van der Waals surface area (Å²) < 4.78 is 37.4. The summed E-state index contributed by atoms with van der Waals surface area (Å²) in [5.74, 6) is -0.670. The molecule has 0 bridgehead atoms. The molecule has 1 aliphatic carbocycles. The van der Waals surface area contributed by atoms with Gasteiger partial charge in [0.15, 0.2) is 0 Å². The van der Waals surface area contributed by atoms with Gasteiger partial charge >= 0.3 is 5.97 Å². The van der Waals surface area contributed by atoms with Gasteiger partial charge in [0.05, 0.1) is 23.7 Å². The van der Waals surface area contributed by atoms with Gasteiger partial charge in [-0.1, -0.05) is 12.1 Å². The van der Waals surface area contributed by atoms with E-state index < -0.39 is 16.0 Å². The van der Waals surface area contributed by atoms with Crippen molar-refractivity contribution >= 4 is 16.0 Å². The second-order valence-electron chi connectivity index (χ2n) is 4.85. The first-order chi connectivity index (χ1) is 9.97. The van der Waals surface area contributed by atoms with E-state index >= 15 is 0 Å². The zero-order valence-corrected chi connectivity index (χ0v) is 12.9. The Morgan fingerprint density at radius 2 is 2.00 bits per heavy atom. The lowest BCUT2D eigenvalue weighted by Crippen LogP contribution is -2.47. The summed E-state index contributed by atoms with van der Waals surface area (Å²) >= 11 is 0. The van der Waals surface area contributed by atoms with Crippen molar-refractivity contribution in [2.75, 3.05) is 13.7 Å². The van der Waals surface area contributed by atoms with E-state index in [9.17, 15) is 13.2 Å². The van der Waals surface area contributed by atoms with Gasteiger partial charge in [-0.15, -0.1) is 0 Å². The lowest BCUT2D eigenvalue weighted by atomic mass is 9.90. The van der Waals surface area contributed by atoms with Gasteiger partial charge in [0.1, 0.15) is 0 Å². The molecule has 1 N–H and O–H groups in total. The minimum absolute atomic E-state index is 0.0354. The van der Waals surface area contributed by atoms with E-state index in [1.807, 2.05) is 6.92 Å². The van der Waals surface area contributed by atoms with E-state index in [1.54, 1.807) is 12.1 Å². The van der Waals surface area contributed by atoms with Crippen LogP contribution in [-0.2, 0) is 19.5 Å². The number of sulfonamides is 1. The molecule has 0 aromatic heterocycles. The van der Waals surface area contributed by atoms with Crippen LogP contribution in [0.1, 0.15) is 30.1 Å². The Balaban J connectivity index is 2.12. The first-order valence-corrected chi connectivity index (χ1v) is 8.27.